The van der Waals surface area contributed by atoms with Crippen LogP contribution in [0.5, 0.6) is 0 Å². The minimum atomic E-state index is 0.0723. The molecule has 0 radical (unpaired) electrons. The third-order valence-electron chi connectivity index (χ3n) is 6.95. The Hall–Kier alpha value is 1.10. The first kappa shape index (κ1) is 35.6. The van der Waals surface area contributed by atoms with Gasteiger partial charge >= 0.3 is 0 Å². The summed E-state index contributed by atoms with van der Waals surface area (Å²) in [6, 6.07) is 0. The standard InChI is InChI=1S/C30H44O2S8/c1-3-27(31)35-19-25-21-37-29(39-25)9-5-7-15-33-17-23-11-13-24(14-12-23)18-34-16-8-6-10-30-38-22-26(40-30)20-36-28(32)4-2/h3-4,21-24,29-30H,1-2,5-20H2. The van der Waals surface area contributed by atoms with Crippen molar-refractivity contribution in [2.45, 2.75) is 73.4 Å². The van der Waals surface area contributed by atoms with Gasteiger partial charge in [0.15, 0.2) is 0 Å². The van der Waals surface area contributed by atoms with E-state index >= 15 is 0 Å². The molecule has 0 amide bonds. The number of hydrogen-bond donors (Lipinski definition) is 0. The molecule has 1 aliphatic carbocycles. The summed E-state index contributed by atoms with van der Waals surface area (Å²) in [7, 11) is 0. The van der Waals surface area contributed by atoms with Crippen LogP contribution >= 0.6 is 94.1 Å². The lowest BCUT2D eigenvalue weighted by Gasteiger charge is -2.28. The molecule has 224 valence electrons. The zero-order valence-corrected chi connectivity index (χ0v) is 30.0. The molecule has 0 N–H and O–H groups in total. The SMILES string of the molecule is C=CC(=O)SCC1=CSC(CCCCSCC2CCC(CSCCCCC3SC=C(CSC(=O)C=C)S3)CC2)S1. The molecule has 0 bridgehead atoms. The second-order valence-electron chi connectivity index (χ2n) is 10.2. The molecule has 0 saturated heterocycles. The van der Waals surface area contributed by atoms with Crippen molar-refractivity contribution in [2.75, 3.05) is 34.5 Å². The molecule has 2 aliphatic heterocycles. The zero-order valence-electron chi connectivity index (χ0n) is 23.4. The zero-order chi connectivity index (χ0) is 28.4. The molecule has 2 nitrogen and oxygen atoms in total. The second kappa shape index (κ2) is 21.7. The van der Waals surface area contributed by atoms with Crippen molar-refractivity contribution in [3.8, 4) is 0 Å². The number of rotatable bonds is 20. The maximum absolute atomic E-state index is 11.4. The van der Waals surface area contributed by atoms with Gasteiger partial charge in [-0.15, -0.1) is 47.0 Å². The van der Waals surface area contributed by atoms with Gasteiger partial charge in [-0.1, -0.05) is 49.5 Å². The topological polar surface area (TPSA) is 34.1 Å². The van der Waals surface area contributed by atoms with Crippen LogP contribution in [0.25, 0.3) is 0 Å². The first-order chi connectivity index (χ1) is 19.6. The second-order valence-corrected chi connectivity index (χ2v) is 19.9. The number of unbranched alkanes of at least 4 members (excludes halogenated alkanes) is 2. The molecule has 3 rings (SSSR count). The van der Waals surface area contributed by atoms with Gasteiger partial charge in [0.25, 0.3) is 0 Å². The molecule has 2 heterocycles. The van der Waals surface area contributed by atoms with Crippen LogP contribution in [0.4, 0.5) is 0 Å². The molecule has 1 fully saturated rings. The fraction of sp³-hybridized carbons (Fsp3) is 0.667. The summed E-state index contributed by atoms with van der Waals surface area (Å²) in [6.07, 6.45) is 16.4. The molecule has 10 heteroatoms. The fourth-order valence-corrected chi connectivity index (χ4v) is 14.1. The van der Waals surface area contributed by atoms with Gasteiger partial charge in [0.1, 0.15) is 0 Å². The van der Waals surface area contributed by atoms with Gasteiger partial charge in [0.05, 0.1) is 9.16 Å². The molecule has 0 aromatic heterocycles. The largest absolute Gasteiger partial charge is 0.282 e. The van der Waals surface area contributed by atoms with Gasteiger partial charge < -0.3 is 0 Å². The number of carbonyl (C=O) groups is 2. The summed E-state index contributed by atoms with van der Waals surface area (Å²) in [4.78, 5) is 25.5. The highest BCUT2D eigenvalue weighted by molar-refractivity contribution is 8.24. The van der Waals surface area contributed by atoms with Crippen LogP contribution in [0.3, 0.4) is 0 Å². The van der Waals surface area contributed by atoms with E-state index in [9.17, 15) is 9.59 Å². The van der Waals surface area contributed by atoms with Crippen LogP contribution in [0.1, 0.15) is 64.2 Å². The Labute approximate surface area is 277 Å². The smallest absolute Gasteiger partial charge is 0.211 e. The molecule has 2 atom stereocenters. The van der Waals surface area contributed by atoms with E-state index < -0.39 is 0 Å². The van der Waals surface area contributed by atoms with Crippen molar-refractivity contribution in [3.05, 3.63) is 45.9 Å². The van der Waals surface area contributed by atoms with E-state index in [2.05, 4.69) is 47.5 Å². The number of carbonyl (C=O) groups excluding carboxylic acids is 2. The third-order valence-corrected chi connectivity index (χ3v) is 17.3. The van der Waals surface area contributed by atoms with Gasteiger partial charge in [-0.2, -0.15) is 23.5 Å². The predicted octanol–water partition coefficient (Wildman–Crippen LogP) is 10.8. The van der Waals surface area contributed by atoms with Crippen molar-refractivity contribution in [1.29, 1.82) is 0 Å². The van der Waals surface area contributed by atoms with E-state index in [1.54, 1.807) is 0 Å². The Balaban J connectivity index is 1.08. The van der Waals surface area contributed by atoms with Crippen LogP contribution < -0.4 is 0 Å². The van der Waals surface area contributed by atoms with Crippen molar-refractivity contribution in [3.63, 3.8) is 0 Å². The summed E-state index contributed by atoms with van der Waals surface area (Å²) >= 11 is 14.9. The van der Waals surface area contributed by atoms with Crippen LogP contribution in [-0.4, -0.2) is 53.9 Å². The van der Waals surface area contributed by atoms with E-state index in [0.29, 0.717) is 9.16 Å². The molecule has 0 aromatic rings. The van der Waals surface area contributed by atoms with Gasteiger partial charge in [0.2, 0.25) is 10.2 Å². The normalized spacial score (nSPS) is 24.5. The molecule has 40 heavy (non-hydrogen) atoms. The lowest BCUT2D eigenvalue weighted by Crippen LogP contribution is -2.18. The van der Waals surface area contributed by atoms with Crippen LogP contribution in [-0.2, 0) is 9.59 Å². The summed E-state index contributed by atoms with van der Waals surface area (Å²) in [6.45, 7) is 7.08. The minimum Gasteiger partial charge on any atom is -0.282 e. The quantitative estimate of drug-likeness (QED) is 0.0908. The van der Waals surface area contributed by atoms with Crippen molar-refractivity contribution in [2.24, 2.45) is 11.8 Å². The highest BCUT2D eigenvalue weighted by Crippen LogP contribution is 2.44. The van der Waals surface area contributed by atoms with Crippen LogP contribution in [0, 0.1) is 11.8 Å². The maximum Gasteiger partial charge on any atom is 0.211 e. The Morgan fingerprint density at radius 1 is 0.725 bits per heavy atom. The van der Waals surface area contributed by atoms with Crippen molar-refractivity contribution < 1.29 is 9.59 Å². The predicted molar refractivity (Wildman–Crippen MR) is 197 cm³/mol. The number of hydrogen-bond acceptors (Lipinski definition) is 10. The van der Waals surface area contributed by atoms with Gasteiger partial charge in [-0.05, 0) is 109 Å². The molecule has 2 unspecified atom stereocenters. The van der Waals surface area contributed by atoms with Gasteiger partial charge in [-0.3, -0.25) is 9.59 Å². The van der Waals surface area contributed by atoms with Gasteiger partial charge in [-0.25, -0.2) is 0 Å². The van der Waals surface area contributed by atoms with Crippen molar-refractivity contribution >= 4 is 104 Å². The average molecular weight is 693 g/mol. The monoisotopic (exact) mass is 692 g/mol. The fourth-order valence-electron chi connectivity index (χ4n) is 4.64. The number of thioether (sulfide) groups is 8. The Morgan fingerprint density at radius 3 is 1.55 bits per heavy atom. The van der Waals surface area contributed by atoms with E-state index in [1.165, 1.54) is 133 Å². The van der Waals surface area contributed by atoms with Crippen LogP contribution in [0.15, 0.2) is 45.9 Å². The highest BCUT2D eigenvalue weighted by atomic mass is 32.2. The molecule has 1 saturated carbocycles. The van der Waals surface area contributed by atoms with Crippen LogP contribution in [0.2, 0.25) is 0 Å². The van der Waals surface area contributed by atoms with Crippen molar-refractivity contribution in [1.82, 2.24) is 0 Å². The Morgan fingerprint density at radius 2 is 1.15 bits per heavy atom. The summed E-state index contributed by atoms with van der Waals surface area (Å²) < 4.78 is 1.29. The molecule has 0 aromatic carbocycles. The maximum atomic E-state index is 11.4. The van der Waals surface area contributed by atoms with E-state index in [-0.39, 0.29) is 10.2 Å². The lowest BCUT2D eigenvalue weighted by molar-refractivity contribution is -0.107. The highest BCUT2D eigenvalue weighted by Gasteiger charge is 2.22. The first-order valence-electron chi connectivity index (χ1n) is 14.3. The Bertz CT molecular complexity index is 796. The van der Waals surface area contributed by atoms with E-state index in [0.717, 1.165) is 23.3 Å². The molecular weight excluding hydrogens is 649 g/mol. The summed E-state index contributed by atoms with van der Waals surface area (Å²) in [5, 5.41) is 4.65. The summed E-state index contributed by atoms with van der Waals surface area (Å²) in [5.74, 6) is 8.85. The van der Waals surface area contributed by atoms with Gasteiger partial charge in [0, 0.05) is 21.3 Å². The first-order valence-corrected chi connectivity index (χ1v) is 22.2. The molecular formula is C30H44O2S8. The summed E-state index contributed by atoms with van der Waals surface area (Å²) in [5.41, 5.74) is 0. The molecule has 0 spiro atoms. The Kier molecular flexibility index (Phi) is 19.3. The minimum absolute atomic E-state index is 0.0723. The average Bonchev–Trinajstić information content (AvgIpc) is 3.64. The van der Waals surface area contributed by atoms with E-state index in [4.69, 9.17) is 0 Å². The van der Waals surface area contributed by atoms with E-state index in [1.807, 2.05) is 47.0 Å². The third kappa shape index (κ3) is 15.2. The molecule has 3 aliphatic rings. The lowest BCUT2D eigenvalue weighted by atomic mass is 9.84.